The molecule has 0 aliphatic carbocycles. The van der Waals surface area contributed by atoms with E-state index in [0.29, 0.717) is 16.5 Å². The number of hydrogen-bond acceptors (Lipinski definition) is 8. The van der Waals surface area contributed by atoms with Crippen molar-refractivity contribution >= 4 is 29.1 Å². The number of imide groups is 1. The molecule has 0 unspecified atom stereocenters. The Balaban J connectivity index is 1.37. The molecule has 162 valence electrons. The van der Waals surface area contributed by atoms with Crippen molar-refractivity contribution < 1.29 is 14.1 Å². The average Bonchev–Trinajstić information content (AvgIpc) is 3.45. The lowest BCUT2D eigenvalue weighted by Crippen LogP contribution is -2.39. The summed E-state index contributed by atoms with van der Waals surface area (Å²) < 4.78 is 5.37. The maximum atomic E-state index is 13.1. The Morgan fingerprint density at radius 2 is 1.78 bits per heavy atom. The van der Waals surface area contributed by atoms with E-state index in [2.05, 4.69) is 20.5 Å². The van der Waals surface area contributed by atoms with Gasteiger partial charge in [0.2, 0.25) is 11.7 Å². The molecule has 0 bridgehead atoms. The Morgan fingerprint density at radius 3 is 2.53 bits per heavy atom. The van der Waals surface area contributed by atoms with Crippen LogP contribution in [0.4, 0.5) is 5.69 Å². The van der Waals surface area contributed by atoms with Crippen LogP contribution in [0.1, 0.15) is 22.6 Å². The van der Waals surface area contributed by atoms with Gasteiger partial charge in [0.05, 0.1) is 5.69 Å². The fourth-order valence-corrected chi connectivity index (χ4v) is 3.96. The number of anilines is 1. The Bertz CT molecular complexity index is 1290. The second-order valence-electron chi connectivity index (χ2n) is 7.95. The van der Waals surface area contributed by atoms with Gasteiger partial charge in [-0.3, -0.25) is 14.6 Å². The molecule has 9 nitrogen and oxygen atoms in total. The zero-order chi connectivity index (χ0) is 22.6. The normalized spacial score (nSPS) is 19.9. The van der Waals surface area contributed by atoms with E-state index in [1.165, 1.54) is 10.6 Å². The number of benzene rings is 2. The summed E-state index contributed by atoms with van der Waals surface area (Å²) in [6, 6.07) is 9.18. The van der Waals surface area contributed by atoms with Crippen LogP contribution in [0.2, 0.25) is 5.02 Å². The SMILES string of the molecule is Cc1ccc(-c2noc(CN3N=N[C@@H]4C(=O)N(c5ccc(C)c(Cl)c5)C(=O)[C@@H]43)n2)cc1C. The minimum atomic E-state index is -0.912. The number of carbonyl (C=O) groups is 2. The van der Waals surface area contributed by atoms with Gasteiger partial charge in [-0.25, -0.2) is 4.90 Å². The minimum Gasteiger partial charge on any atom is -0.337 e. The molecule has 0 radical (unpaired) electrons. The van der Waals surface area contributed by atoms with Crippen LogP contribution in [0.15, 0.2) is 51.3 Å². The molecular formula is C22H19ClN6O3. The van der Waals surface area contributed by atoms with Gasteiger partial charge in [-0.15, -0.1) is 0 Å². The molecule has 0 N–H and O–H groups in total. The fraction of sp³-hybridized carbons (Fsp3) is 0.273. The molecule has 1 aromatic heterocycles. The van der Waals surface area contributed by atoms with Crippen LogP contribution in [0, 0.1) is 20.8 Å². The molecule has 2 aliphatic heterocycles. The Labute approximate surface area is 188 Å². The third kappa shape index (κ3) is 3.25. The van der Waals surface area contributed by atoms with E-state index < -0.39 is 23.9 Å². The molecule has 32 heavy (non-hydrogen) atoms. The second kappa shape index (κ2) is 7.52. The van der Waals surface area contributed by atoms with Crippen molar-refractivity contribution in [1.29, 1.82) is 0 Å². The zero-order valence-electron chi connectivity index (χ0n) is 17.6. The Kier molecular flexibility index (Phi) is 4.78. The maximum Gasteiger partial charge on any atom is 0.263 e. The van der Waals surface area contributed by atoms with E-state index in [1.54, 1.807) is 18.2 Å². The summed E-state index contributed by atoms with van der Waals surface area (Å²) in [5, 5.41) is 14.0. The molecule has 5 rings (SSSR count). The number of hydrogen-bond donors (Lipinski definition) is 0. The van der Waals surface area contributed by atoms with Crippen LogP contribution in [0.3, 0.4) is 0 Å². The predicted molar refractivity (Wildman–Crippen MR) is 116 cm³/mol. The second-order valence-corrected chi connectivity index (χ2v) is 8.36. The molecule has 1 fully saturated rings. The number of nitrogens with zero attached hydrogens (tertiary/aromatic N) is 6. The van der Waals surface area contributed by atoms with Crippen molar-refractivity contribution in [3.63, 3.8) is 0 Å². The molecule has 0 saturated carbocycles. The number of aryl methyl sites for hydroxylation is 3. The Morgan fingerprint density at radius 1 is 1.00 bits per heavy atom. The Hall–Kier alpha value is -3.59. The standard InChI is InChI=1S/C22H19ClN6O3/c1-11-4-6-14(8-13(11)3)20-24-17(32-26-20)10-28-19-18(25-27-28)21(30)29(22(19)31)15-7-5-12(2)16(23)9-15/h4-9,18-19H,10H2,1-3H3/t18-,19+/m0/s1. The summed E-state index contributed by atoms with van der Waals surface area (Å²) in [5.74, 6) is -0.137. The van der Waals surface area contributed by atoms with Gasteiger partial charge in [0, 0.05) is 10.6 Å². The summed E-state index contributed by atoms with van der Waals surface area (Å²) in [6.07, 6.45) is 0. The minimum absolute atomic E-state index is 0.0595. The average molecular weight is 451 g/mol. The number of halogens is 1. The van der Waals surface area contributed by atoms with Gasteiger partial charge >= 0.3 is 0 Å². The molecule has 2 aromatic carbocycles. The third-order valence-corrected chi connectivity index (χ3v) is 6.21. The predicted octanol–water partition coefficient (Wildman–Crippen LogP) is 3.81. The van der Waals surface area contributed by atoms with Crippen molar-refractivity contribution in [3.05, 3.63) is 64.0 Å². The van der Waals surface area contributed by atoms with Crippen molar-refractivity contribution in [3.8, 4) is 11.4 Å². The number of carbonyl (C=O) groups excluding carboxylic acids is 2. The van der Waals surface area contributed by atoms with Crippen molar-refractivity contribution in [2.45, 2.75) is 39.4 Å². The van der Waals surface area contributed by atoms with Gasteiger partial charge in [0.1, 0.15) is 6.54 Å². The number of aromatic nitrogens is 2. The first-order valence-corrected chi connectivity index (χ1v) is 10.4. The summed E-state index contributed by atoms with van der Waals surface area (Å²) in [4.78, 5) is 31.5. The number of fused-ring (bicyclic) bond motifs is 1. The molecule has 10 heteroatoms. The van der Waals surface area contributed by atoms with Crippen LogP contribution in [-0.4, -0.2) is 39.0 Å². The van der Waals surface area contributed by atoms with Gasteiger partial charge in [0.15, 0.2) is 12.1 Å². The largest absolute Gasteiger partial charge is 0.337 e. The van der Waals surface area contributed by atoms with E-state index in [-0.39, 0.29) is 12.4 Å². The summed E-state index contributed by atoms with van der Waals surface area (Å²) in [7, 11) is 0. The molecule has 2 aliphatic rings. The summed E-state index contributed by atoms with van der Waals surface area (Å²) in [6.45, 7) is 5.95. The van der Waals surface area contributed by atoms with Crippen LogP contribution in [-0.2, 0) is 16.1 Å². The number of rotatable bonds is 4. The third-order valence-electron chi connectivity index (χ3n) is 5.80. The molecule has 2 atom stereocenters. The lowest BCUT2D eigenvalue weighted by Gasteiger charge is -2.19. The van der Waals surface area contributed by atoms with E-state index >= 15 is 0 Å². The van der Waals surface area contributed by atoms with Crippen molar-refractivity contribution in [2.24, 2.45) is 10.3 Å². The van der Waals surface area contributed by atoms with Crippen LogP contribution < -0.4 is 4.90 Å². The van der Waals surface area contributed by atoms with Crippen LogP contribution >= 0.6 is 11.6 Å². The van der Waals surface area contributed by atoms with Crippen molar-refractivity contribution in [1.82, 2.24) is 15.1 Å². The summed E-state index contributed by atoms with van der Waals surface area (Å²) >= 11 is 6.19. The highest BCUT2D eigenvalue weighted by atomic mass is 35.5. The molecule has 3 heterocycles. The molecular weight excluding hydrogens is 432 g/mol. The molecule has 3 aromatic rings. The zero-order valence-corrected chi connectivity index (χ0v) is 18.4. The van der Waals surface area contributed by atoms with Crippen molar-refractivity contribution in [2.75, 3.05) is 4.90 Å². The van der Waals surface area contributed by atoms with E-state index in [4.69, 9.17) is 16.1 Å². The highest BCUT2D eigenvalue weighted by Crippen LogP contribution is 2.34. The van der Waals surface area contributed by atoms with E-state index in [1.807, 2.05) is 39.0 Å². The monoisotopic (exact) mass is 450 g/mol. The van der Waals surface area contributed by atoms with E-state index in [9.17, 15) is 9.59 Å². The topological polar surface area (TPSA) is 104 Å². The smallest absolute Gasteiger partial charge is 0.263 e. The van der Waals surface area contributed by atoms with Crippen LogP contribution in [0.25, 0.3) is 11.4 Å². The highest BCUT2D eigenvalue weighted by molar-refractivity contribution is 6.32. The summed E-state index contributed by atoms with van der Waals surface area (Å²) in [5.41, 5.74) is 4.39. The van der Waals surface area contributed by atoms with E-state index in [0.717, 1.165) is 21.6 Å². The lowest BCUT2D eigenvalue weighted by molar-refractivity contribution is -0.123. The molecule has 1 saturated heterocycles. The lowest BCUT2D eigenvalue weighted by atomic mass is 10.1. The van der Waals surface area contributed by atoms with Gasteiger partial charge in [0.25, 0.3) is 11.8 Å². The highest BCUT2D eigenvalue weighted by Gasteiger charge is 2.55. The maximum absolute atomic E-state index is 13.1. The van der Waals surface area contributed by atoms with Gasteiger partial charge < -0.3 is 4.52 Å². The van der Waals surface area contributed by atoms with Gasteiger partial charge in [-0.1, -0.05) is 40.2 Å². The van der Waals surface area contributed by atoms with Crippen LogP contribution in [0.5, 0.6) is 0 Å². The quantitative estimate of drug-likeness (QED) is 0.560. The number of amides is 2. The molecule has 2 amide bonds. The first-order valence-electron chi connectivity index (χ1n) is 10.0. The first kappa shape index (κ1) is 20.3. The van der Waals surface area contributed by atoms with Gasteiger partial charge in [-0.05, 0) is 55.7 Å². The first-order chi connectivity index (χ1) is 15.3. The van der Waals surface area contributed by atoms with Gasteiger partial charge in [-0.2, -0.15) is 10.1 Å². The molecule has 0 spiro atoms. The fourth-order valence-electron chi connectivity index (χ4n) is 3.78.